The first kappa shape index (κ1) is 22.2. The molecule has 33 heavy (non-hydrogen) atoms. The smallest absolute Gasteiger partial charge is 0.261 e. The van der Waals surface area contributed by atoms with Crippen molar-refractivity contribution in [2.45, 2.75) is 54.9 Å². The third-order valence-electron chi connectivity index (χ3n) is 5.84. The lowest BCUT2D eigenvalue weighted by Gasteiger charge is -2.24. The number of carbonyl (C=O) groups is 1. The maximum absolute atomic E-state index is 13.4. The SMILES string of the molecule is COC1=CNC(C(F)F)C=C1c1cc(C2CC2)ncc1C(=O)NC1NNC(C#CC2CC2)S1. The fourth-order valence-electron chi connectivity index (χ4n) is 3.69. The van der Waals surface area contributed by atoms with Crippen molar-refractivity contribution in [1.29, 1.82) is 0 Å². The molecule has 1 amide bonds. The number of methoxy groups -OCH3 is 1. The molecule has 3 heterocycles. The Morgan fingerprint density at radius 2 is 2.09 bits per heavy atom. The quantitative estimate of drug-likeness (QED) is 0.473. The standard InChI is InChI=1S/C23H25F2N5O2S/c1-32-19-11-27-18(21(24)25)9-15(19)14-8-17(13-5-6-13)26-10-16(14)22(31)28-23-30-29-20(33-23)7-4-12-2-3-12/h8-13,18,20-21,23,27,29-30H,2-3,5-6H2,1H3,(H,28,31). The van der Waals surface area contributed by atoms with Gasteiger partial charge in [-0.1, -0.05) is 23.6 Å². The average molecular weight is 474 g/mol. The number of hydrazine groups is 1. The molecule has 10 heteroatoms. The van der Waals surface area contributed by atoms with Gasteiger partial charge in [-0.2, -0.15) is 0 Å². The highest BCUT2D eigenvalue weighted by molar-refractivity contribution is 8.00. The minimum absolute atomic E-state index is 0.118. The Morgan fingerprint density at radius 1 is 1.27 bits per heavy atom. The molecular weight excluding hydrogens is 448 g/mol. The topological polar surface area (TPSA) is 87.3 Å². The molecule has 2 aliphatic carbocycles. The zero-order valence-electron chi connectivity index (χ0n) is 18.0. The number of halogens is 2. The van der Waals surface area contributed by atoms with Crippen molar-refractivity contribution in [3.05, 3.63) is 47.1 Å². The molecule has 1 saturated heterocycles. The fourth-order valence-corrected chi connectivity index (χ4v) is 4.54. The summed E-state index contributed by atoms with van der Waals surface area (Å²) in [7, 11) is 1.47. The Hall–Kier alpha value is -2.61. The number of pyridine rings is 1. The van der Waals surface area contributed by atoms with E-state index in [2.05, 4.69) is 38.3 Å². The summed E-state index contributed by atoms with van der Waals surface area (Å²) in [6.07, 6.45) is 6.14. The van der Waals surface area contributed by atoms with Crippen molar-refractivity contribution < 1.29 is 18.3 Å². The normalized spacial score (nSPS) is 26.6. The lowest BCUT2D eigenvalue weighted by molar-refractivity contribution is 0.0944. The summed E-state index contributed by atoms with van der Waals surface area (Å²) in [5.74, 6) is 7.25. The van der Waals surface area contributed by atoms with E-state index in [1.165, 1.54) is 37.3 Å². The number of thioether (sulfide) groups is 1. The summed E-state index contributed by atoms with van der Waals surface area (Å²) in [5, 5.41) is 5.45. The van der Waals surface area contributed by atoms with Crippen LogP contribution in [-0.4, -0.2) is 41.3 Å². The Balaban J connectivity index is 1.40. The zero-order chi connectivity index (χ0) is 22.9. The largest absolute Gasteiger partial charge is 0.495 e. The van der Waals surface area contributed by atoms with Gasteiger partial charge in [0.1, 0.15) is 22.7 Å². The van der Waals surface area contributed by atoms with Crippen molar-refractivity contribution in [2.24, 2.45) is 5.92 Å². The number of alkyl halides is 2. The fraction of sp³-hybridized carbons (Fsp3) is 0.478. The lowest BCUT2D eigenvalue weighted by Crippen LogP contribution is -2.43. The molecule has 0 radical (unpaired) electrons. The third-order valence-corrected chi connectivity index (χ3v) is 6.86. The number of hydrogen-bond acceptors (Lipinski definition) is 7. The van der Waals surface area contributed by atoms with E-state index in [0.717, 1.165) is 31.4 Å². The number of carbonyl (C=O) groups excluding carboxylic acids is 1. The number of hydrogen-bond donors (Lipinski definition) is 4. The molecule has 3 unspecified atom stereocenters. The number of amides is 1. The number of nitrogens with one attached hydrogen (secondary N) is 4. The van der Waals surface area contributed by atoms with E-state index in [4.69, 9.17) is 4.74 Å². The number of rotatable bonds is 6. The van der Waals surface area contributed by atoms with E-state index < -0.39 is 12.5 Å². The van der Waals surface area contributed by atoms with Gasteiger partial charge >= 0.3 is 0 Å². The second-order valence-corrected chi connectivity index (χ2v) is 9.69. The van der Waals surface area contributed by atoms with Gasteiger partial charge in [-0.05, 0) is 37.8 Å². The Kier molecular flexibility index (Phi) is 6.27. The van der Waals surface area contributed by atoms with Crippen molar-refractivity contribution >= 4 is 23.2 Å². The molecule has 7 nitrogen and oxygen atoms in total. The van der Waals surface area contributed by atoms with Gasteiger partial charge in [0.15, 0.2) is 0 Å². The number of dihydropyridines is 1. The molecule has 0 spiro atoms. The van der Waals surface area contributed by atoms with Crippen LogP contribution < -0.4 is 21.5 Å². The highest BCUT2D eigenvalue weighted by Gasteiger charge is 2.32. The first-order valence-electron chi connectivity index (χ1n) is 11.0. The Bertz CT molecular complexity index is 1060. The minimum atomic E-state index is -2.60. The molecule has 2 aliphatic heterocycles. The average Bonchev–Trinajstić information content (AvgIpc) is 3.76. The highest BCUT2D eigenvalue weighted by Crippen LogP contribution is 2.41. The molecular formula is C23H25F2N5O2S. The third kappa shape index (κ3) is 5.16. The molecule has 4 aliphatic rings. The van der Waals surface area contributed by atoms with Crippen LogP contribution in [0.15, 0.2) is 30.3 Å². The van der Waals surface area contributed by atoms with Gasteiger partial charge in [0.2, 0.25) is 0 Å². The molecule has 3 fully saturated rings. The Labute approximate surface area is 195 Å². The summed E-state index contributed by atoms with van der Waals surface area (Å²) < 4.78 is 32.3. The second kappa shape index (κ2) is 9.33. The van der Waals surface area contributed by atoms with Crippen molar-refractivity contribution in [2.75, 3.05) is 7.11 Å². The van der Waals surface area contributed by atoms with E-state index in [1.54, 1.807) is 0 Å². The van der Waals surface area contributed by atoms with Crippen LogP contribution in [0.3, 0.4) is 0 Å². The summed E-state index contributed by atoms with van der Waals surface area (Å²) in [6, 6.07) is 0.658. The lowest BCUT2D eigenvalue weighted by atomic mass is 9.94. The first-order chi connectivity index (χ1) is 16.0. The van der Waals surface area contributed by atoms with Crippen LogP contribution in [0.25, 0.3) is 5.57 Å². The van der Waals surface area contributed by atoms with Crippen molar-refractivity contribution in [1.82, 2.24) is 26.5 Å². The second-order valence-electron chi connectivity index (χ2n) is 8.47. The van der Waals surface area contributed by atoms with Crippen LogP contribution >= 0.6 is 11.8 Å². The molecule has 3 atom stereocenters. The highest BCUT2D eigenvalue weighted by atomic mass is 32.2. The van der Waals surface area contributed by atoms with Crippen LogP contribution in [0.2, 0.25) is 0 Å². The van der Waals surface area contributed by atoms with Gasteiger partial charge in [-0.3, -0.25) is 9.78 Å². The first-order valence-corrected chi connectivity index (χ1v) is 12.0. The molecule has 2 saturated carbocycles. The summed E-state index contributed by atoms with van der Waals surface area (Å²) >= 11 is 1.46. The van der Waals surface area contributed by atoms with Gasteiger partial charge in [-0.25, -0.2) is 19.6 Å². The van der Waals surface area contributed by atoms with E-state index in [9.17, 15) is 13.6 Å². The van der Waals surface area contributed by atoms with Crippen LogP contribution in [0.5, 0.6) is 0 Å². The molecule has 174 valence electrons. The number of nitrogens with zero attached hydrogens (tertiary/aromatic N) is 1. The summed E-state index contributed by atoms with van der Waals surface area (Å²) in [5.41, 5.74) is 7.86. The van der Waals surface area contributed by atoms with Gasteiger partial charge in [-0.15, -0.1) is 0 Å². The number of ether oxygens (including phenoxy) is 1. The minimum Gasteiger partial charge on any atom is -0.495 e. The van der Waals surface area contributed by atoms with Crippen LogP contribution in [-0.2, 0) is 4.74 Å². The molecule has 0 bridgehead atoms. The molecule has 4 N–H and O–H groups in total. The zero-order valence-corrected chi connectivity index (χ0v) is 18.8. The maximum Gasteiger partial charge on any atom is 0.261 e. The van der Waals surface area contributed by atoms with Gasteiger partial charge in [0.25, 0.3) is 12.3 Å². The molecule has 0 aromatic carbocycles. The summed E-state index contributed by atoms with van der Waals surface area (Å²) in [6.45, 7) is 0. The predicted octanol–water partition coefficient (Wildman–Crippen LogP) is 2.66. The monoisotopic (exact) mass is 473 g/mol. The van der Waals surface area contributed by atoms with Crippen LogP contribution in [0.4, 0.5) is 8.78 Å². The van der Waals surface area contributed by atoms with Crippen LogP contribution in [0.1, 0.15) is 53.2 Å². The van der Waals surface area contributed by atoms with Gasteiger partial charge in [0.05, 0.1) is 12.7 Å². The molecule has 5 rings (SSSR count). The predicted molar refractivity (Wildman–Crippen MR) is 122 cm³/mol. The van der Waals surface area contributed by atoms with Gasteiger partial charge < -0.3 is 15.4 Å². The van der Waals surface area contributed by atoms with Crippen molar-refractivity contribution in [3.63, 3.8) is 0 Å². The summed E-state index contributed by atoms with van der Waals surface area (Å²) in [4.78, 5) is 17.7. The van der Waals surface area contributed by atoms with E-state index >= 15 is 0 Å². The van der Waals surface area contributed by atoms with E-state index in [-0.39, 0.29) is 16.8 Å². The van der Waals surface area contributed by atoms with Gasteiger partial charge in [0, 0.05) is 41.1 Å². The Morgan fingerprint density at radius 3 is 2.79 bits per heavy atom. The van der Waals surface area contributed by atoms with E-state index in [1.807, 2.05) is 6.07 Å². The molecule has 1 aromatic rings. The van der Waals surface area contributed by atoms with E-state index in [0.29, 0.717) is 34.3 Å². The molecule has 1 aromatic heterocycles. The van der Waals surface area contributed by atoms with Crippen molar-refractivity contribution in [3.8, 4) is 11.8 Å². The number of allylic oxidation sites excluding steroid dienone is 1. The van der Waals surface area contributed by atoms with Crippen LogP contribution in [0, 0.1) is 17.8 Å². The maximum atomic E-state index is 13.4. The number of aromatic nitrogens is 1.